The Hall–Kier alpha value is -2.04. The SMILES string of the molecule is Cc1ncn(-c2cncc(F)c2C=O)c1C. The first-order valence-electron chi connectivity index (χ1n) is 4.74. The minimum absolute atomic E-state index is 0.00417. The number of aryl methyl sites for hydroxylation is 1. The Bertz CT molecular complexity index is 548. The van der Waals surface area contributed by atoms with E-state index in [9.17, 15) is 9.18 Å². The lowest BCUT2D eigenvalue weighted by Crippen LogP contribution is -2.03. The van der Waals surface area contributed by atoms with Gasteiger partial charge in [0.1, 0.15) is 0 Å². The molecule has 2 rings (SSSR count). The van der Waals surface area contributed by atoms with Crippen LogP contribution in [0.1, 0.15) is 21.7 Å². The van der Waals surface area contributed by atoms with Gasteiger partial charge < -0.3 is 4.57 Å². The second kappa shape index (κ2) is 3.84. The van der Waals surface area contributed by atoms with E-state index in [0.29, 0.717) is 12.0 Å². The first-order valence-corrected chi connectivity index (χ1v) is 4.74. The second-order valence-corrected chi connectivity index (χ2v) is 3.46. The maximum absolute atomic E-state index is 13.3. The van der Waals surface area contributed by atoms with Crippen LogP contribution in [0.3, 0.4) is 0 Å². The van der Waals surface area contributed by atoms with Gasteiger partial charge in [0.05, 0.1) is 35.7 Å². The summed E-state index contributed by atoms with van der Waals surface area (Å²) in [5.41, 5.74) is 2.10. The third-order valence-electron chi connectivity index (χ3n) is 2.55. The fraction of sp³-hybridized carbons (Fsp3) is 0.182. The van der Waals surface area contributed by atoms with Crippen LogP contribution in [-0.2, 0) is 0 Å². The third kappa shape index (κ3) is 1.50. The van der Waals surface area contributed by atoms with Crippen LogP contribution in [-0.4, -0.2) is 20.8 Å². The van der Waals surface area contributed by atoms with Crippen LogP contribution in [0.25, 0.3) is 5.69 Å². The summed E-state index contributed by atoms with van der Waals surface area (Å²) in [6.45, 7) is 3.70. The minimum atomic E-state index is -0.627. The summed E-state index contributed by atoms with van der Waals surface area (Å²) in [7, 11) is 0. The zero-order valence-electron chi connectivity index (χ0n) is 8.94. The number of carbonyl (C=O) groups excluding carboxylic acids is 1. The van der Waals surface area contributed by atoms with Crippen molar-refractivity contribution in [3.05, 3.63) is 41.5 Å². The predicted molar refractivity (Wildman–Crippen MR) is 56.2 cm³/mol. The molecule has 2 aromatic rings. The van der Waals surface area contributed by atoms with Gasteiger partial charge >= 0.3 is 0 Å². The number of nitrogens with zero attached hydrogens (tertiary/aromatic N) is 3. The molecule has 0 aliphatic carbocycles. The minimum Gasteiger partial charge on any atom is -0.301 e. The van der Waals surface area contributed by atoms with Gasteiger partial charge in [-0.25, -0.2) is 9.37 Å². The molecule has 0 spiro atoms. The maximum Gasteiger partial charge on any atom is 0.155 e. The lowest BCUT2D eigenvalue weighted by molar-refractivity contribution is 0.111. The molecule has 0 fully saturated rings. The average molecular weight is 219 g/mol. The third-order valence-corrected chi connectivity index (χ3v) is 2.55. The molecule has 2 heterocycles. The van der Waals surface area contributed by atoms with Crippen molar-refractivity contribution in [3.63, 3.8) is 0 Å². The summed E-state index contributed by atoms with van der Waals surface area (Å²) < 4.78 is 15.0. The number of hydrogen-bond acceptors (Lipinski definition) is 3. The Morgan fingerprint density at radius 3 is 2.69 bits per heavy atom. The highest BCUT2D eigenvalue weighted by Crippen LogP contribution is 2.17. The Morgan fingerprint density at radius 1 is 1.38 bits per heavy atom. The summed E-state index contributed by atoms with van der Waals surface area (Å²) in [5, 5.41) is 0. The molecule has 0 saturated carbocycles. The smallest absolute Gasteiger partial charge is 0.155 e. The molecule has 4 nitrogen and oxygen atoms in total. The normalized spacial score (nSPS) is 10.4. The van der Waals surface area contributed by atoms with Gasteiger partial charge in [-0.1, -0.05) is 0 Å². The van der Waals surface area contributed by atoms with Crippen molar-refractivity contribution in [3.8, 4) is 5.69 Å². The first kappa shape index (κ1) is 10.5. The lowest BCUT2D eigenvalue weighted by Gasteiger charge is -2.07. The van der Waals surface area contributed by atoms with Gasteiger partial charge in [0.15, 0.2) is 12.1 Å². The van der Waals surface area contributed by atoms with E-state index >= 15 is 0 Å². The fourth-order valence-electron chi connectivity index (χ4n) is 1.48. The van der Waals surface area contributed by atoms with Gasteiger partial charge in [-0.15, -0.1) is 0 Å². The number of aromatic nitrogens is 3. The van der Waals surface area contributed by atoms with Crippen LogP contribution < -0.4 is 0 Å². The summed E-state index contributed by atoms with van der Waals surface area (Å²) in [4.78, 5) is 18.7. The highest BCUT2D eigenvalue weighted by Gasteiger charge is 2.12. The quantitative estimate of drug-likeness (QED) is 0.724. The van der Waals surface area contributed by atoms with Crippen molar-refractivity contribution >= 4 is 6.29 Å². The summed E-state index contributed by atoms with van der Waals surface area (Å²) in [6.07, 6.45) is 4.50. The van der Waals surface area contributed by atoms with Gasteiger partial charge in [0.2, 0.25) is 0 Å². The van der Waals surface area contributed by atoms with Crippen LogP contribution in [0.15, 0.2) is 18.7 Å². The number of halogens is 1. The molecule has 0 aromatic carbocycles. The Balaban J connectivity index is 2.69. The molecule has 0 unspecified atom stereocenters. The van der Waals surface area contributed by atoms with Gasteiger partial charge in [0.25, 0.3) is 0 Å². The van der Waals surface area contributed by atoms with Crippen LogP contribution in [0.2, 0.25) is 0 Å². The average Bonchev–Trinajstić information content (AvgIpc) is 2.59. The topological polar surface area (TPSA) is 47.8 Å². The van der Waals surface area contributed by atoms with Crippen molar-refractivity contribution in [2.24, 2.45) is 0 Å². The summed E-state index contributed by atoms with van der Waals surface area (Å²) >= 11 is 0. The zero-order chi connectivity index (χ0) is 11.7. The van der Waals surface area contributed by atoms with E-state index in [1.807, 2.05) is 13.8 Å². The predicted octanol–water partition coefficient (Wildman–Crippen LogP) is 1.84. The number of carbonyl (C=O) groups is 1. The van der Waals surface area contributed by atoms with Crippen LogP contribution >= 0.6 is 0 Å². The van der Waals surface area contributed by atoms with Crippen molar-refractivity contribution in [1.82, 2.24) is 14.5 Å². The molecule has 0 atom stereocenters. The van der Waals surface area contributed by atoms with E-state index in [1.165, 1.54) is 6.20 Å². The van der Waals surface area contributed by atoms with E-state index in [-0.39, 0.29) is 5.56 Å². The van der Waals surface area contributed by atoms with Gasteiger partial charge in [-0.3, -0.25) is 9.78 Å². The molecule has 0 amide bonds. The molecule has 5 heteroatoms. The summed E-state index contributed by atoms with van der Waals surface area (Å²) in [5.74, 6) is -0.627. The van der Waals surface area contributed by atoms with E-state index in [1.54, 1.807) is 10.9 Å². The molecular weight excluding hydrogens is 209 g/mol. The molecule has 0 saturated heterocycles. The number of imidazole rings is 1. The van der Waals surface area contributed by atoms with Crippen LogP contribution in [0, 0.1) is 19.7 Å². The van der Waals surface area contributed by atoms with E-state index in [4.69, 9.17) is 0 Å². The number of hydrogen-bond donors (Lipinski definition) is 0. The second-order valence-electron chi connectivity index (χ2n) is 3.46. The fourth-order valence-corrected chi connectivity index (χ4v) is 1.48. The van der Waals surface area contributed by atoms with E-state index < -0.39 is 5.82 Å². The lowest BCUT2D eigenvalue weighted by atomic mass is 10.2. The molecule has 16 heavy (non-hydrogen) atoms. The number of aldehydes is 1. The molecular formula is C11H10FN3O. The van der Waals surface area contributed by atoms with Crippen molar-refractivity contribution in [2.75, 3.05) is 0 Å². The highest BCUT2D eigenvalue weighted by molar-refractivity contribution is 5.80. The van der Waals surface area contributed by atoms with E-state index in [0.717, 1.165) is 17.6 Å². The molecule has 2 aromatic heterocycles. The standard InChI is InChI=1S/C11H10FN3O/c1-7-8(2)15(6-14-7)11-4-13-3-10(12)9(11)5-16/h3-6H,1-2H3. The molecule has 0 aliphatic heterocycles. The maximum atomic E-state index is 13.3. The first-order chi connectivity index (χ1) is 7.65. The molecule has 0 N–H and O–H groups in total. The van der Waals surface area contributed by atoms with Crippen LogP contribution in [0.5, 0.6) is 0 Å². The molecule has 0 bridgehead atoms. The Morgan fingerprint density at radius 2 is 2.12 bits per heavy atom. The highest BCUT2D eigenvalue weighted by atomic mass is 19.1. The van der Waals surface area contributed by atoms with Gasteiger partial charge in [-0.05, 0) is 13.8 Å². The van der Waals surface area contributed by atoms with Gasteiger partial charge in [-0.2, -0.15) is 0 Å². The zero-order valence-corrected chi connectivity index (χ0v) is 8.94. The summed E-state index contributed by atoms with van der Waals surface area (Å²) in [6, 6.07) is 0. The molecule has 0 aliphatic rings. The number of pyridine rings is 1. The molecule has 82 valence electrons. The van der Waals surface area contributed by atoms with Crippen molar-refractivity contribution in [2.45, 2.75) is 13.8 Å². The van der Waals surface area contributed by atoms with Gasteiger partial charge in [0, 0.05) is 5.69 Å². The largest absolute Gasteiger partial charge is 0.301 e. The van der Waals surface area contributed by atoms with Crippen molar-refractivity contribution in [1.29, 1.82) is 0 Å². The Labute approximate surface area is 91.8 Å². The molecule has 0 radical (unpaired) electrons. The van der Waals surface area contributed by atoms with E-state index in [2.05, 4.69) is 9.97 Å². The Kier molecular flexibility index (Phi) is 2.52. The monoisotopic (exact) mass is 219 g/mol. The van der Waals surface area contributed by atoms with Crippen LogP contribution in [0.4, 0.5) is 4.39 Å². The van der Waals surface area contributed by atoms with Crippen molar-refractivity contribution < 1.29 is 9.18 Å². The number of rotatable bonds is 2.